The van der Waals surface area contributed by atoms with Gasteiger partial charge in [0.25, 0.3) is 11.6 Å². The first kappa shape index (κ1) is 15.4. The molecule has 1 aromatic rings. The molecule has 0 spiro atoms. The molecule has 21 heavy (non-hydrogen) atoms. The Hall–Kier alpha value is -1.95. The molecule has 1 unspecified atom stereocenters. The van der Waals surface area contributed by atoms with Crippen molar-refractivity contribution in [3.8, 4) is 0 Å². The van der Waals surface area contributed by atoms with Gasteiger partial charge in [0.2, 0.25) is 0 Å². The number of hydrogen-bond acceptors (Lipinski definition) is 4. The highest BCUT2D eigenvalue weighted by Crippen LogP contribution is 2.14. The van der Waals surface area contributed by atoms with E-state index in [1.54, 1.807) is 0 Å². The minimum Gasteiger partial charge on any atom is -0.350 e. The summed E-state index contributed by atoms with van der Waals surface area (Å²) >= 11 is 0. The van der Waals surface area contributed by atoms with E-state index in [-0.39, 0.29) is 11.6 Å². The largest absolute Gasteiger partial charge is 0.350 e. The Balaban J connectivity index is 1.89. The minimum absolute atomic E-state index is 0.00458. The number of nitro benzene ring substituents is 1. The van der Waals surface area contributed by atoms with Crippen LogP contribution >= 0.6 is 0 Å². The average molecular weight is 291 g/mol. The zero-order valence-corrected chi connectivity index (χ0v) is 12.2. The Morgan fingerprint density at radius 3 is 2.48 bits per heavy atom. The Morgan fingerprint density at radius 2 is 1.95 bits per heavy atom. The van der Waals surface area contributed by atoms with Gasteiger partial charge in [-0.1, -0.05) is 6.92 Å². The van der Waals surface area contributed by atoms with Gasteiger partial charge in [-0.2, -0.15) is 0 Å². The summed E-state index contributed by atoms with van der Waals surface area (Å²) in [5.74, 6) is -0.178. The number of non-ortho nitro benzene ring substituents is 1. The van der Waals surface area contributed by atoms with Crippen molar-refractivity contribution in [3.05, 3.63) is 39.9 Å². The van der Waals surface area contributed by atoms with E-state index in [4.69, 9.17) is 0 Å². The molecule has 0 bridgehead atoms. The van der Waals surface area contributed by atoms with E-state index in [0.29, 0.717) is 18.2 Å². The third-order valence-electron chi connectivity index (χ3n) is 3.97. The third-order valence-corrected chi connectivity index (χ3v) is 3.97. The number of benzene rings is 1. The van der Waals surface area contributed by atoms with Gasteiger partial charge in [0.1, 0.15) is 0 Å². The topological polar surface area (TPSA) is 75.5 Å². The number of hydrogen-bond donors (Lipinski definition) is 1. The molecular formula is C15H21N3O3. The number of nitrogens with one attached hydrogen (secondary N) is 1. The number of nitrogens with zero attached hydrogens (tertiary/aromatic N) is 2. The van der Waals surface area contributed by atoms with Crippen LogP contribution in [-0.2, 0) is 0 Å². The third kappa shape index (κ3) is 4.01. The second kappa shape index (κ2) is 7.17. The average Bonchev–Trinajstić information content (AvgIpc) is 3.02. The molecule has 1 aromatic carbocycles. The molecule has 1 aliphatic rings. The highest BCUT2D eigenvalue weighted by atomic mass is 16.6. The van der Waals surface area contributed by atoms with Gasteiger partial charge >= 0.3 is 0 Å². The molecule has 1 amide bonds. The Bertz CT molecular complexity index is 495. The molecule has 0 saturated carbocycles. The Labute approximate surface area is 124 Å². The first-order valence-corrected chi connectivity index (χ1v) is 7.38. The van der Waals surface area contributed by atoms with Crippen LogP contribution in [0.2, 0.25) is 0 Å². The number of rotatable bonds is 6. The molecule has 2 rings (SSSR count). The summed E-state index contributed by atoms with van der Waals surface area (Å²) in [5, 5.41) is 13.5. The van der Waals surface area contributed by atoms with Gasteiger partial charge in [0, 0.05) is 30.3 Å². The number of carbonyl (C=O) groups is 1. The van der Waals surface area contributed by atoms with Gasteiger partial charge < -0.3 is 5.32 Å². The summed E-state index contributed by atoms with van der Waals surface area (Å²) < 4.78 is 0. The quantitative estimate of drug-likeness (QED) is 0.644. The van der Waals surface area contributed by atoms with Crippen molar-refractivity contribution in [2.45, 2.75) is 32.2 Å². The second-order valence-corrected chi connectivity index (χ2v) is 5.32. The van der Waals surface area contributed by atoms with Gasteiger partial charge in [-0.25, -0.2) is 0 Å². The summed E-state index contributed by atoms with van der Waals surface area (Å²) in [4.78, 5) is 24.6. The molecule has 1 heterocycles. The van der Waals surface area contributed by atoms with Crippen LogP contribution in [0.15, 0.2) is 24.3 Å². The van der Waals surface area contributed by atoms with Crippen LogP contribution in [0.4, 0.5) is 5.69 Å². The summed E-state index contributed by atoms with van der Waals surface area (Å²) in [6.45, 7) is 4.95. The SMILES string of the molecule is CCC(CNC(=O)c1ccc([N+](=O)[O-])cc1)N1CCCC1. The van der Waals surface area contributed by atoms with Crippen molar-refractivity contribution in [3.63, 3.8) is 0 Å². The van der Waals surface area contributed by atoms with Crippen LogP contribution in [-0.4, -0.2) is 41.4 Å². The van der Waals surface area contributed by atoms with Gasteiger partial charge in [-0.15, -0.1) is 0 Å². The van der Waals surface area contributed by atoms with Crippen LogP contribution in [0.25, 0.3) is 0 Å². The number of likely N-dealkylation sites (tertiary alicyclic amines) is 1. The van der Waals surface area contributed by atoms with Crippen molar-refractivity contribution in [2.24, 2.45) is 0 Å². The first-order valence-electron chi connectivity index (χ1n) is 7.38. The van der Waals surface area contributed by atoms with Crippen molar-refractivity contribution in [1.82, 2.24) is 10.2 Å². The fourth-order valence-corrected chi connectivity index (χ4v) is 2.69. The second-order valence-electron chi connectivity index (χ2n) is 5.32. The minimum atomic E-state index is -0.470. The predicted molar refractivity (Wildman–Crippen MR) is 80.3 cm³/mol. The monoisotopic (exact) mass is 291 g/mol. The predicted octanol–water partition coefficient (Wildman–Crippen LogP) is 2.20. The Kier molecular flexibility index (Phi) is 5.27. The maximum atomic E-state index is 12.1. The number of nitro groups is 1. The van der Waals surface area contributed by atoms with Crippen molar-refractivity contribution < 1.29 is 9.72 Å². The van der Waals surface area contributed by atoms with Gasteiger partial charge in [0.05, 0.1) is 4.92 Å². The van der Waals surface area contributed by atoms with Crippen LogP contribution < -0.4 is 5.32 Å². The van der Waals surface area contributed by atoms with Gasteiger partial charge in [-0.3, -0.25) is 19.8 Å². The molecule has 6 nitrogen and oxygen atoms in total. The summed E-state index contributed by atoms with van der Waals surface area (Å²) in [6, 6.07) is 6.06. The molecule has 1 aliphatic heterocycles. The molecular weight excluding hydrogens is 270 g/mol. The fraction of sp³-hybridized carbons (Fsp3) is 0.533. The molecule has 1 N–H and O–H groups in total. The maximum Gasteiger partial charge on any atom is 0.269 e. The molecule has 0 radical (unpaired) electrons. The van der Waals surface area contributed by atoms with E-state index >= 15 is 0 Å². The highest BCUT2D eigenvalue weighted by Gasteiger charge is 2.21. The molecule has 114 valence electrons. The molecule has 6 heteroatoms. The van der Waals surface area contributed by atoms with E-state index in [1.807, 2.05) is 0 Å². The normalized spacial score (nSPS) is 16.6. The van der Waals surface area contributed by atoms with Gasteiger partial charge in [0.15, 0.2) is 0 Å². The molecule has 0 aromatic heterocycles. The van der Waals surface area contributed by atoms with E-state index in [1.165, 1.54) is 37.1 Å². The number of amides is 1. The van der Waals surface area contributed by atoms with Crippen molar-refractivity contribution in [1.29, 1.82) is 0 Å². The molecule has 1 fully saturated rings. The van der Waals surface area contributed by atoms with E-state index < -0.39 is 4.92 Å². The van der Waals surface area contributed by atoms with E-state index in [9.17, 15) is 14.9 Å². The fourth-order valence-electron chi connectivity index (χ4n) is 2.69. The summed E-state index contributed by atoms with van der Waals surface area (Å²) in [5.41, 5.74) is 0.451. The van der Waals surface area contributed by atoms with Gasteiger partial charge in [-0.05, 0) is 44.5 Å². The van der Waals surface area contributed by atoms with E-state index in [2.05, 4.69) is 17.1 Å². The highest BCUT2D eigenvalue weighted by molar-refractivity contribution is 5.94. The molecule has 1 atom stereocenters. The zero-order valence-electron chi connectivity index (χ0n) is 12.2. The smallest absolute Gasteiger partial charge is 0.269 e. The lowest BCUT2D eigenvalue weighted by Gasteiger charge is -2.26. The molecule has 1 saturated heterocycles. The van der Waals surface area contributed by atoms with Crippen LogP contribution in [0.1, 0.15) is 36.5 Å². The molecule has 0 aliphatic carbocycles. The van der Waals surface area contributed by atoms with Crippen molar-refractivity contribution in [2.75, 3.05) is 19.6 Å². The zero-order chi connectivity index (χ0) is 15.2. The maximum absolute atomic E-state index is 12.1. The van der Waals surface area contributed by atoms with Crippen molar-refractivity contribution >= 4 is 11.6 Å². The standard InChI is InChI=1S/C15H21N3O3/c1-2-13(17-9-3-4-10-17)11-16-15(19)12-5-7-14(8-6-12)18(20)21/h5-8,13H,2-4,9-11H2,1H3,(H,16,19). The first-order chi connectivity index (χ1) is 10.1. The van der Waals surface area contributed by atoms with Crippen LogP contribution in [0.5, 0.6) is 0 Å². The Morgan fingerprint density at radius 1 is 1.33 bits per heavy atom. The lowest BCUT2D eigenvalue weighted by atomic mass is 10.1. The van der Waals surface area contributed by atoms with E-state index in [0.717, 1.165) is 19.5 Å². The number of carbonyl (C=O) groups excluding carboxylic acids is 1. The van der Waals surface area contributed by atoms with Crippen LogP contribution in [0, 0.1) is 10.1 Å². The summed E-state index contributed by atoms with van der Waals surface area (Å²) in [6.07, 6.45) is 3.46. The lowest BCUT2D eigenvalue weighted by Crippen LogP contribution is -2.42. The van der Waals surface area contributed by atoms with Crippen LogP contribution in [0.3, 0.4) is 0 Å². The lowest BCUT2D eigenvalue weighted by molar-refractivity contribution is -0.384. The summed E-state index contributed by atoms with van der Waals surface area (Å²) in [7, 11) is 0.